The van der Waals surface area contributed by atoms with E-state index in [-0.39, 0.29) is 16.3 Å². The van der Waals surface area contributed by atoms with Gasteiger partial charge in [0, 0.05) is 13.0 Å². The summed E-state index contributed by atoms with van der Waals surface area (Å²) in [5, 5.41) is 2.51. The maximum atomic E-state index is 12.8. The summed E-state index contributed by atoms with van der Waals surface area (Å²) >= 11 is 11.1. The molecule has 0 aliphatic heterocycles. The third-order valence-electron chi connectivity index (χ3n) is 1.79. The van der Waals surface area contributed by atoms with Crippen LogP contribution >= 0.6 is 23.2 Å². The van der Waals surface area contributed by atoms with Crippen LogP contribution in [-0.2, 0) is 0 Å². The van der Waals surface area contributed by atoms with Crippen LogP contribution < -0.4 is 5.32 Å². The van der Waals surface area contributed by atoms with Gasteiger partial charge in [-0.25, -0.2) is 18.7 Å². The first-order valence-corrected chi connectivity index (χ1v) is 4.89. The van der Waals surface area contributed by atoms with Crippen molar-refractivity contribution in [2.24, 2.45) is 0 Å². The predicted molar refractivity (Wildman–Crippen MR) is 55.8 cm³/mol. The van der Waals surface area contributed by atoms with Gasteiger partial charge >= 0.3 is 0 Å². The number of halogens is 4. The summed E-state index contributed by atoms with van der Waals surface area (Å²) in [7, 11) is 0. The van der Waals surface area contributed by atoms with E-state index in [0.29, 0.717) is 0 Å². The van der Waals surface area contributed by atoms with Gasteiger partial charge in [-0.2, -0.15) is 0 Å². The Bertz CT molecular complexity index is 334. The zero-order valence-electron chi connectivity index (χ0n) is 8.06. The largest absolute Gasteiger partial charge is 0.361 e. The highest BCUT2D eigenvalue weighted by Crippen LogP contribution is 2.22. The van der Waals surface area contributed by atoms with Crippen molar-refractivity contribution in [3.63, 3.8) is 0 Å². The maximum Gasteiger partial charge on any atom is 0.264 e. The Morgan fingerprint density at radius 3 is 2.47 bits per heavy atom. The molecule has 0 aromatic carbocycles. The molecule has 1 atom stereocenters. The molecule has 15 heavy (non-hydrogen) atoms. The number of hydrogen-bond donors (Lipinski definition) is 1. The number of hydrogen-bond acceptors (Lipinski definition) is 3. The van der Waals surface area contributed by atoms with Crippen molar-refractivity contribution in [3.8, 4) is 0 Å². The zero-order valence-corrected chi connectivity index (χ0v) is 9.57. The minimum Gasteiger partial charge on any atom is -0.361 e. The summed E-state index contributed by atoms with van der Waals surface area (Å²) in [6.07, 6.45) is 0. The van der Waals surface area contributed by atoms with Crippen molar-refractivity contribution in [1.29, 1.82) is 0 Å². The summed E-state index contributed by atoms with van der Waals surface area (Å²) in [6.45, 7) is 2.15. The van der Waals surface area contributed by atoms with Gasteiger partial charge in [0.25, 0.3) is 5.92 Å². The summed E-state index contributed by atoms with van der Waals surface area (Å²) in [4.78, 5) is 7.31. The molecule has 1 unspecified atom stereocenters. The first kappa shape index (κ1) is 12.4. The Balaban J connectivity index is 2.81. The SMILES string of the molecule is CC(Nc1cc(Cl)nc(Cl)n1)C(C)(F)F. The summed E-state index contributed by atoms with van der Waals surface area (Å²) in [5.41, 5.74) is 0. The van der Waals surface area contributed by atoms with E-state index in [0.717, 1.165) is 6.92 Å². The van der Waals surface area contributed by atoms with Crippen molar-refractivity contribution in [2.45, 2.75) is 25.8 Å². The monoisotopic (exact) mass is 255 g/mol. The molecule has 7 heteroatoms. The molecule has 0 aliphatic carbocycles. The lowest BCUT2D eigenvalue weighted by atomic mass is 10.2. The lowest BCUT2D eigenvalue weighted by Crippen LogP contribution is -2.34. The molecular formula is C8H9Cl2F2N3. The molecule has 0 radical (unpaired) electrons. The molecule has 1 heterocycles. The highest BCUT2D eigenvalue weighted by molar-refractivity contribution is 6.32. The van der Waals surface area contributed by atoms with Crippen LogP contribution in [0.1, 0.15) is 13.8 Å². The van der Waals surface area contributed by atoms with Crippen molar-refractivity contribution < 1.29 is 8.78 Å². The van der Waals surface area contributed by atoms with Crippen LogP contribution in [0, 0.1) is 0 Å². The second-order valence-corrected chi connectivity index (χ2v) is 3.89. The molecule has 1 N–H and O–H groups in total. The van der Waals surface area contributed by atoms with Gasteiger partial charge in [0.05, 0.1) is 6.04 Å². The van der Waals surface area contributed by atoms with Crippen molar-refractivity contribution in [1.82, 2.24) is 9.97 Å². The second kappa shape index (κ2) is 4.45. The maximum absolute atomic E-state index is 12.8. The van der Waals surface area contributed by atoms with Gasteiger partial charge in [0.1, 0.15) is 11.0 Å². The lowest BCUT2D eigenvalue weighted by Gasteiger charge is -2.20. The van der Waals surface area contributed by atoms with E-state index in [9.17, 15) is 8.78 Å². The first-order valence-electron chi connectivity index (χ1n) is 4.13. The van der Waals surface area contributed by atoms with Crippen LogP contribution in [0.5, 0.6) is 0 Å². The normalized spacial score (nSPS) is 13.7. The minimum atomic E-state index is -2.86. The molecule has 0 fully saturated rings. The molecule has 0 amide bonds. The minimum absolute atomic E-state index is 0.0865. The molecule has 0 saturated carbocycles. The van der Waals surface area contributed by atoms with Crippen LogP contribution in [0.3, 0.4) is 0 Å². The van der Waals surface area contributed by atoms with E-state index in [2.05, 4.69) is 15.3 Å². The first-order chi connectivity index (χ1) is 6.79. The van der Waals surface area contributed by atoms with Gasteiger partial charge in [0.2, 0.25) is 5.28 Å². The average molecular weight is 256 g/mol. The third-order valence-corrected chi connectivity index (χ3v) is 2.15. The Labute approximate surface area is 95.8 Å². The Morgan fingerprint density at radius 1 is 1.40 bits per heavy atom. The number of rotatable bonds is 3. The van der Waals surface area contributed by atoms with Gasteiger partial charge in [-0.3, -0.25) is 0 Å². The van der Waals surface area contributed by atoms with Crippen LogP contribution in [0.25, 0.3) is 0 Å². The molecule has 1 rings (SSSR count). The Kier molecular flexibility index (Phi) is 3.67. The number of anilines is 1. The highest BCUT2D eigenvalue weighted by atomic mass is 35.5. The summed E-state index contributed by atoms with van der Waals surface area (Å²) in [6, 6.07) is 0.259. The van der Waals surface area contributed by atoms with Crippen molar-refractivity contribution in [2.75, 3.05) is 5.32 Å². The van der Waals surface area contributed by atoms with Crippen LogP contribution in [0.4, 0.5) is 14.6 Å². The molecular weight excluding hydrogens is 247 g/mol. The molecule has 0 aliphatic rings. The van der Waals surface area contributed by atoms with E-state index in [4.69, 9.17) is 23.2 Å². The molecule has 84 valence electrons. The van der Waals surface area contributed by atoms with E-state index in [1.165, 1.54) is 13.0 Å². The molecule has 1 aromatic heterocycles. The standard InChI is InChI=1S/C8H9Cl2F2N3/c1-4(8(2,11)12)13-6-3-5(9)14-7(10)15-6/h3-4H,1-2H3,(H,13,14,15). The van der Waals surface area contributed by atoms with Crippen LogP contribution in [0.2, 0.25) is 10.4 Å². The summed E-state index contributed by atoms with van der Waals surface area (Å²) in [5.74, 6) is -2.68. The molecule has 3 nitrogen and oxygen atoms in total. The third kappa shape index (κ3) is 3.76. The predicted octanol–water partition coefficient (Wildman–Crippen LogP) is 3.24. The zero-order chi connectivity index (χ0) is 11.6. The topological polar surface area (TPSA) is 37.8 Å². The second-order valence-electron chi connectivity index (χ2n) is 3.17. The average Bonchev–Trinajstić information content (AvgIpc) is 1.99. The molecule has 0 bridgehead atoms. The Morgan fingerprint density at radius 2 is 2.00 bits per heavy atom. The number of nitrogens with one attached hydrogen (secondary N) is 1. The van der Waals surface area contributed by atoms with E-state index >= 15 is 0 Å². The van der Waals surface area contributed by atoms with E-state index < -0.39 is 12.0 Å². The van der Waals surface area contributed by atoms with Gasteiger partial charge < -0.3 is 5.32 Å². The fourth-order valence-corrected chi connectivity index (χ4v) is 1.22. The molecule has 0 saturated heterocycles. The quantitative estimate of drug-likeness (QED) is 0.666. The molecule has 0 spiro atoms. The van der Waals surface area contributed by atoms with Gasteiger partial charge in [-0.05, 0) is 18.5 Å². The van der Waals surface area contributed by atoms with Gasteiger partial charge in [0.15, 0.2) is 0 Å². The van der Waals surface area contributed by atoms with Crippen LogP contribution in [-0.4, -0.2) is 21.9 Å². The van der Waals surface area contributed by atoms with Crippen molar-refractivity contribution in [3.05, 3.63) is 16.5 Å². The number of alkyl halides is 2. The highest BCUT2D eigenvalue weighted by Gasteiger charge is 2.30. The smallest absolute Gasteiger partial charge is 0.264 e. The fraction of sp³-hybridized carbons (Fsp3) is 0.500. The summed E-state index contributed by atoms with van der Waals surface area (Å²) < 4.78 is 25.7. The molecule has 1 aromatic rings. The number of aromatic nitrogens is 2. The van der Waals surface area contributed by atoms with E-state index in [1.807, 2.05) is 0 Å². The van der Waals surface area contributed by atoms with Crippen LogP contribution in [0.15, 0.2) is 6.07 Å². The lowest BCUT2D eigenvalue weighted by molar-refractivity contribution is 0.00688. The van der Waals surface area contributed by atoms with Crippen molar-refractivity contribution >= 4 is 29.0 Å². The Hall–Kier alpha value is -0.680. The van der Waals surface area contributed by atoms with Gasteiger partial charge in [-0.1, -0.05) is 11.6 Å². The fourth-order valence-electron chi connectivity index (χ4n) is 0.812. The van der Waals surface area contributed by atoms with E-state index in [1.54, 1.807) is 0 Å². The number of nitrogens with zero attached hydrogens (tertiary/aromatic N) is 2. The van der Waals surface area contributed by atoms with Gasteiger partial charge in [-0.15, -0.1) is 0 Å².